The van der Waals surface area contributed by atoms with Gasteiger partial charge in [0, 0.05) is 25.7 Å². The van der Waals surface area contributed by atoms with Crippen LogP contribution in [0, 0.1) is 0 Å². The molecule has 0 spiro atoms. The zero-order valence-corrected chi connectivity index (χ0v) is 62.1. The predicted molar refractivity (Wildman–Crippen MR) is 390 cm³/mol. The van der Waals surface area contributed by atoms with Gasteiger partial charge in [0.05, 0.1) is 26.4 Å². The molecule has 0 radical (unpaired) electrons. The highest BCUT2D eigenvalue weighted by atomic mass is 31.2. The summed E-state index contributed by atoms with van der Waals surface area (Å²) in [7, 11) is -9.96. The van der Waals surface area contributed by atoms with E-state index in [9.17, 15) is 43.2 Å². The molecule has 0 fully saturated rings. The van der Waals surface area contributed by atoms with Crippen LogP contribution in [0.5, 0.6) is 0 Å². The number of hydrogen-bond donors (Lipinski definition) is 3. The number of hydrogen-bond acceptors (Lipinski definition) is 15. The van der Waals surface area contributed by atoms with E-state index < -0.39 is 97.5 Å². The molecule has 19 heteroatoms. The first kappa shape index (κ1) is 92.0. The summed E-state index contributed by atoms with van der Waals surface area (Å²) in [6, 6.07) is 0. The van der Waals surface area contributed by atoms with Crippen molar-refractivity contribution in [1.29, 1.82) is 0 Å². The van der Waals surface area contributed by atoms with Gasteiger partial charge in [0.15, 0.2) is 12.2 Å². The summed E-state index contributed by atoms with van der Waals surface area (Å²) in [5, 5.41) is 10.6. The van der Waals surface area contributed by atoms with E-state index in [0.29, 0.717) is 25.7 Å². The summed E-state index contributed by atoms with van der Waals surface area (Å²) in [6.45, 7) is 4.57. The molecule has 554 valence electrons. The Kier molecular flexibility index (Phi) is 66.6. The Morgan fingerprint density at radius 2 is 0.542 bits per heavy atom. The van der Waals surface area contributed by atoms with Gasteiger partial charge in [-0.05, 0) is 122 Å². The van der Waals surface area contributed by atoms with Crippen molar-refractivity contribution in [3.05, 3.63) is 97.2 Å². The van der Waals surface area contributed by atoms with E-state index in [1.165, 1.54) is 77.0 Å². The molecule has 0 aromatic rings. The van der Waals surface area contributed by atoms with Crippen LogP contribution < -0.4 is 0 Å². The first-order valence-corrected chi connectivity index (χ1v) is 40.5. The summed E-state index contributed by atoms with van der Waals surface area (Å²) < 4.78 is 68.4. The van der Waals surface area contributed by atoms with E-state index in [4.69, 9.17) is 37.0 Å². The van der Waals surface area contributed by atoms with Crippen molar-refractivity contribution >= 4 is 39.5 Å². The van der Waals surface area contributed by atoms with E-state index in [2.05, 4.69) is 125 Å². The molecule has 0 aliphatic heterocycles. The Balaban J connectivity index is 5.38. The van der Waals surface area contributed by atoms with Crippen molar-refractivity contribution in [2.45, 2.75) is 329 Å². The van der Waals surface area contributed by atoms with E-state index >= 15 is 0 Å². The number of phosphoric ester groups is 2. The van der Waals surface area contributed by atoms with Crippen LogP contribution in [-0.2, 0) is 65.4 Å². The minimum Gasteiger partial charge on any atom is -0.462 e. The molecule has 0 heterocycles. The molecule has 3 N–H and O–H groups in total. The number of esters is 4. The van der Waals surface area contributed by atoms with Gasteiger partial charge in [-0.15, -0.1) is 0 Å². The molecular formula is C77H134O17P2. The summed E-state index contributed by atoms with van der Waals surface area (Å²) in [5.41, 5.74) is 0. The minimum absolute atomic E-state index is 0.0658. The molecule has 0 bridgehead atoms. The highest BCUT2D eigenvalue weighted by Gasteiger charge is 2.30. The Morgan fingerprint density at radius 3 is 0.875 bits per heavy atom. The summed E-state index contributed by atoms with van der Waals surface area (Å²) >= 11 is 0. The van der Waals surface area contributed by atoms with Crippen LogP contribution in [0.25, 0.3) is 0 Å². The molecule has 0 saturated heterocycles. The van der Waals surface area contributed by atoms with Gasteiger partial charge in [-0.1, -0.05) is 260 Å². The highest BCUT2D eigenvalue weighted by molar-refractivity contribution is 7.47. The fourth-order valence-electron chi connectivity index (χ4n) is 9.87. The van der Waals surface area contributed by atoms with Gasteiger partial charge in [0.25, 0.3) is 0 Å². The van der Waals surface area contributed by atoms with E-state index in [0.717, 1.165) is 154 Å². The van der Waals surface area contributed by atoms with E-state index in [1.807, 2.05) is 0 Å². The molecule has 5 unspecified atom stereocenters. The summed E-state index contributed by atoms with van der Waals surface area (Å²) in [6.07, 6.45) is 71.2. The fourth-order valence-corrected chi connectivity index (χ4v) is 11.4. The van der Waals surface area contributed by atoms with Crippen LogP contribution >= 0.6 is 15.6 Å². The number of carbonyl (C=O) groups excluding carboxylic acids is 4. The van der Waals surface area contributed by atoms with Gasteiger partial charge in [-0.25, -0.2) is 9.13 Å². The largest absolute Gasteiger partial charge is 0.472 e. The minimum atomic E-state index is -4.98. The Labute approximate surface area is 582 Å². The monoisotopic (exact) mass is 1390 g/mol. The second kappa shape index (κ2) is 69.5. The van der Waals surface area contributed by atoms with E-state index in [-0.39, 0.29) is 25.7 Å². The molecule has 5 atom stereocenters. The lowest BCUT2D eigenvalue weighted by atomic mass is 10.0. The van der Waals surface area contributed by atoms with Crippen LogP contribution in [0.15, 0.2) is 97.2 Å². The van der Waals surface area contributed by atoms with Gasteiger partial charge in [-0.2, -0.15) is 0 Å². The molecule has 0 amide bonds. The van der Waals surface area contributed by atoms with Crippen molar-refractivity contribution in [3.63, 3.8) is 0 Å². The number of ether oxygens (including phenoxy) is 4. The second-order valence-corrected chi connectivity index (χ2v) is 27.7. The number of carbonyl (C=O) groups is 4. The smallest absolute Gasteiger partial charge is 0.462 e. The van der Waals surface area contributed by atoms with Crippen LogP contribution in [0.1, 0.15) is 310 Å². The Morgan fingerprint density at radius 1 is 0.302 bits per heavy atom. The van der Waals surface area contributed by atoms with Crippen molar-refractivity contribution in [3.8, 4) is 0 Å². The van der Waals surface area contributed by atoms with Gasteiger partial charge in [-0.3, -0.25) is 37.3 Å². The molecular weight excluding hydrogens is 1260 g/mol. The van der Waals surface area contributed by atoms with Crippen LogP contribution in [0.3, 0.4) is 0 Å². The molecule has 0 aliphatic rings. The highest BCUT2D eigenvalue weighted by Crippen LogP contribution is 2.45. The third-order valence-electron chi connectivity index (χ3n) is 15.5. The lowest BCUT2D eigenvalue weighted by Crippen LogP contribution is -2.30. The van der Waals surface area contributed by atoms with Crippen molar-refractivity contribution in [2.24, 2.45) is 0 Å². The van der Waals surface area contributed by atoms with E-state index in [1.54, 1.807) is 0 Å². The number of allylic oxidation sites excluding steroid dienone is 16. The average molecular weight is 1390 g/mol. The summed E-state index contributed by atoms with van der Waals surface area (Å²) in [5.74, 6) is -2.24. The lowest BCUT2D eigenvalue weighted by Gasteiger charge is -2.21. The molecule has 96 heavy (non-hydrogen) atoms. The first-order valence-electron chi connectivity index (χ1n) is 37.5. The fraction of sp³-hybridized carbons (Fsp3) is 0.740. The first-order chi connectivity index (χ1) is 46.7. The number of aliphatic hydroxyl groups excluding tert-OH is 1. The summed E-state index contributed by atoms with van der Waals surface area (Å²) in [4.78, 5) is 72.7. The Hall–Kier alpha value is -4.02. The van der Waals surface area contributed by atoms with Crippen molar-refractivity contribution in [1.82, 2.24) is 0 Å². The number of unbranched alkanes of at least 4 members (excludes halogenated alkanes) is 28. The maximum Gasteiger partial charge on any atom is 0.472 e. The van der Waals surface area contributed by atoms with Gasteiger partial charge >= 0.3 is 39.5 Å². The van der Waals surface area contributed by atoms with Gasteiger partial charge in [0.1, 0.15) is 19.3 Å². The maximum atomic E-state index is 13.1. The predicted octanol–water partition coefficient (Wildman–Crippen LogP) is 21.2. The average Bonchev–Trinajstić information content (AvgIpc) is 1.36. The third kappa shape index (κ3) is 68.5. The normalized spacial score (nSPS) is 14.5. The topological polar surface area (TPSA) is 237 Å². The number of rotatable bonds is 70. The zero-order chi connectivity index (χ0) is 70.4. The SMILES string of the molecule is CC/C=C\C/C=C\C/C=C\C/C=C\CCCCC(=O)OCC(COP(=O)(O)OCC(O)COP(=O)(O)OCC(COC(=O)CCCCCCC/C=C\CCCCCC)OC(=O)CCCCCCCCCCCCCCC)OC(=O)CCCCCCC/C=C\C/C=C\C/C=C\CC. The lowest BCUT2D eigenvalue weighted by molar-refractivity contribution is -0.161. The van der Waals surface area contributed by atoms with Crippen LogP contribution in [0.2, 0.25) is 0 Å². The van der Waals surface area contributed by atoms with Gasteiger partial charge < -0.3 is 33.8 Å². The zero-order valence-electron chi connectivity index (χ0n) is 60.3. The molecule has 0 saturated carbocycles. The van der Waals surface area contributed by atoms with Crippen LogP contribution in [-0.4, -0.2) is 96.7 Å². The standard InChI is InChI=1S/C77H134O17P2/c1-5-9-13-17-21-25-29-33-35-39-42-46-50-54-58-62-75(80)88-68-73(94-77(82)64-60-56-52-48-44-40-36-34-30-26-22-18-14-10-6-2)70-92-96(85,86)90-66-71(78)65-89-95(83,84)91-69-72(93-76(81)63-59-55-51-47-43-38-32-28-24-20-16-12-8-4)67-87-74(79)61-57-53-49-45-41-37-31-27-23-19-15-11-7-3/h9-10,13-14,21-22,25-27,31,33-36,42,46,71-73,78H,5-8,11-12,15-20,23-24,28-30,32,37-41,43-45,47-70H2,1-4H3,(H,83,84)(H,85,86)/b13-9-,14-10-,25-21-,26-22-,31-27-,35-33-,36-34-,46-42-. The molecule has 0 aromatic heterocycles. The number of phosphoric acid groups is 2. The Bertz CT molecular complexity index is 2200. The molecule has 0 aromatic carbocycles. The molecule has 17 nitrogen and oxygen atoms in total. The molecule has 0 rings (SSSR count). The van der Waals surface area contributed by atoms with Crippen LogP contribution in [0.4, 0.5) is 0 Å². The third-order valence-corrected chi connectivity index (χ3v) is 17.4. The molecule has 0 aliphatic carbocycles. The maximum absolute atomic E-state index is 13.1. The second-order valence-electron chi connectivity index (χ2n) is 24.8. The van der Waals surface area contributed by atoms with Gasteiger partial charge in [0.2, 0.25) is 0 Å². The quantitative estimate of drug-likeness (QED) is 0.0169. The van der Waals surface area contributed by atoms with Crippen molar-refractivity contribution < 1.29 is 80.2 Å². The number of aliphatic hydroxyl groups is 1. The van der Waals surface area contributed by atoms with Crippen molar-refractivity contribution in [2.75, 3.05) is 39.6 Å².